The lowest BCUT2D eigenvalue weighted by Crippen LogP contribution is -2.45. The second-order valence-corrected chi connectivity index (χ2v) is 4.47. The second kappa shape index (κ2) is 4.81. The number of hydrogen-bond acceptors (Lipinski definition) is 2. The van der Waals surface area contributed by atoms with Gasteiger partial charge < -0.3 is 10.3 Å². The van der Waals surface area contributed by atoms with Crippen molar-refractivity contribution in [3.8, 4) is 0 Å². The van der Waals surface area contributed by atoms with Gasteiger partial charge in [0.05, 0.1) is 0 Å². The van der Waals surface area contributed by atoms with Gasteiger partial charge in [0.15, 0.2) is 0 Å². The maximum atomic E-state index is 3.46. The van der Waals surface area contributed by atoms with Gasteiger partial charge in [0.1, 0.15) is 0 Å². The molecule has 3 heteroatoms. The lowest BCUT2D eigenvalue weighted by atomic mass is 10.0. The van der Waals surface area contributed by atoms with Crippen LogP contribution in [0, 0.1) is 0 Å². The predicted octanol–water partition coefficient (Wildman–Crippen LogP) is 1.76. The van der Waals surface area contributed by atoms with Gasteiger partial charge >= 0.3 is 0 Å². The van der Waals surface area contributed by atoms with Crippen molar-refractivity contribution in [2.24, 2.45) is 0 Å². The van der Waals surface area contributed by atoms with Crippen LogP contribution in [0.1, 0.15) is 31.5 Å². The lowest BCUT2D eigenvalue weighted by Gasteiger charge is -2.35. The molecule has 1 aliphatic rings. The van der Waals surface area contributed by atoms with Gasteiger partial charge in [-0.3, -0.25) is 4.90 Å². The van der Waals surface area contributed by atoms with Crippen molar-refractivity contribution < 1.29 is 0 Å². The first kappa shape index (κ1) is 10.7. The van der Waals surface area contributed by atoms with Crippen LogP contribution in [0.4, 0.5) is 0 Å². The third-order valence-electron chi connectivity index (χ3n) is 3.53. The number of hydrogen-bond donors (Lipinski definition) is 2. The highest BCUT2D eigenvalue weighted by Gasteiger charge is 2.22. The van der Waals surface area contributed by atoms with Crippen molar-refractivity contribution in [3.63, 3.8) is 0 Å². The molecule has 0 bridgehead atoms. The molecule has 1 aliphatic heterocycles. The normalized spacial score (nSPS) is 24.3. The Bertz CT molecular complexity index is 275. The molecule has 0 aliphatic carbocycles. The van der Waals surface area contributed by atoms with E-state index in [1.807, 2.05) is 6.20 Å². The summed E-state index contributed by atoms with van der Waals surface area (Å²) >= 11 is 0. The number of nitrogens with zero attached hydrogens (tertiary/aromatic N) is 1. The van der Waals surface area contributed by atoms with E-state index in [-0.39, 0.29) is 0 Å². The highest BCUT2D eigenvalue weighted by Crippen LogP contribution is 2.21. The van der Waals surface area contributed by atoms with Gasteiger partial charge in [-0.15, -0.1) is 0 Å². The van der Waals surface area contributed by atoms with E-state index in [9.17, 15) is 0 Å². The van der Waals surface area contributed by atoms with Gasteiger partial charge in [-0.25, -0.2) is 0 Å². The first-order valence-electron chi connectivity index (χ1n) is 5.85. The van der Waals surface area contributed by atoms with Crippen LogP contribution in [0.2, 0.25) is 0 Å². The van der Waals surface area contributed by atoms with E-state index in [1.54, 1.807) is 0 Å². The minimum atomic E-state index is 0.477. The van der Waals surface area contributed by atoms with Crippen LogP contribution >= 0.6 is 0 Å². The quantitative estimate of drug-likeness (QED) is 0.791. The Morgan fingerprint density at radius 2 is 2.40 bits per heavy atom. The molecule has 15 heavy (non-hydrogen) atoms. The zero-order chi connectivity index (χ0) is 10.7. The molecule has 0 aromatic carbocycles. The van der Waals surface area contributed by atoms with Crippen molar-refractivity contribution in [3.05, 3.63) is 24.0 Å². The van der Waals surface area contributed by atoms with Crippen molar-refractivity contribution in [1.82, 2.24) is 15.2 Å². The Morgan fingerprint density at radius 1 is 1.53 bits per heavy atom. The third-order valence-corrected chi connectivity index (χ3v) is 3.53. The Hall–Kier alpha value is -0.800. The molecule has 2 heterocycles. The molecular weight excluding hydrogens is 186 g/mol. The van der Waals surface area contributed by atoms with E-state index in [4.69, 9.17) is 0 Å². The summed E-state index contributed by atoms with van der Waals surface area (Å²) in [4.78, 5) is 5.77. The molecule has 1 saturated heterocycles. The Balaban J connectivity index is 1.97. The molecule has 84 valence electrons. The summed E-state index contributed by atoms with van der Waals surface area (Å²) in [5, 5.41) is 3.46. The van der Waals surface area contributed by atoms with Crippen molar-refractivity contribution in [2.75, 3.05) is 20.1 Å². The number of aromatic amines is 1. The van der Waals surface area contributed by atoms with Crippen molar-refractivity contribution in [1.29, 1.82) is 0 Å². The fraction of sp³-hybridized carbons (Fsp3) is 0.667. The summed E-state index contributed by atoms with van der Waals surface area (Å²) in [5.41, 5.74) is 1.31. The molecule has 1 aromatic heterocycles. The summed E-state index contributed by atoms with van der Waals surface area (Å²) in [6.45, 7) is 4.57. The zero-order valence-corrected chi connectivity index (χ0v) is 9.66. The SMILES string of the molecule is CC(c1ccc[nH]1)N(C)[C@H]1CCCNC1. The Labute approximate surface area is 91.9 Å². The van der Waals surface area contributed by atoms with E-state index in [1.165, 1.54) is 25.1 Å². The number of rotatable bonds is 3. The molecule has 1 fully saturated rings. The van der Waals surface area contributed by atoms with Gasteiger partial charge in [0, 0.05) is 30.5 Å². The fourth-order valence-corrected chi connectivity index (χ4v) is 2.32. The maximum absolute atomic E-state index is 3.46. The molecular formula is C12H21N3. The van der Waals surface area contributed by atoms with Crippen LogP contribution < -0.4 is 5.32 Å². The number of nitrogens with one attached hydrogen (secondary N) is 2. The topological polar surface area (TPSA) is 31.1 Å². The second-order valence-electron chi connectivity index (χ2n) is 4.47. The van der Waals surface area contributed by atoms with Gasteiger partial charge in [-0.1, -0.05) is 0 Å². The van der Waals surface area contributed by atoms with Crippen LogP contribution in [0.5, 0.6) is 0 Å². The fourth-order valence-electron chi connectivity index (χ4n) is 2.32. The van der Waals surface area contributed by atoms with Crippen molar-refractivity contribution >= 4 is 0 Å². The number of H-pyrrole nitrogens is 1. The predicted molar refractivity (Wildman–Crippen MR) is 62.9 cm³/mol. The summed E-state index contributed by atoms with van der Waals surface area (Å²) in [6, 6.07) is 5.39. The Kier molecular flexibility index (Phi) is 3.44. The summed E-state index contributed by atoms with van der Waals surface area (Å²) in [6.07, 6.45) is 4.61. The zero-order valence-electron chi connectivity index (χ0n) is 9.66. The largest absolute Gasteiger partial charge is 0.364 e. The maximum Gasteiger partial charge on any atom is 0.0470 e. The van der Waals surface area contributed by atoms with Crippen LogP contribution in [0.3, 0.4) is 0 Å². The smallest absolute Gasteiger partial charge is 0.0470 e. The number of aromatic nitrogens is 1. The first-order valence-corrected chi connectivity index (χ1v) is 5.85. The Morgan fingerprint density at radius 3 is 3.00 bits per heavy atom. The lowest BCUT2D eigenvalue weighted by molar-refractivity contribution is 0.154. The summed E-state index contributed by atoms with van der Waals surface area (Å²) < 4.78 is 0. The van der Waals surface area contributed by atoms with Crippen LogP contribution in [-0.4, -0.2) is 36.1 Å². The molecule has 0 spiro atoms. The highest BCUT2D eigenvalue weighted by molar-refractivity contribution is 5.08. The van der Waals surface area contributed by atoms with Crippen LogP contribution in [0.15, 0.2) is 18.3 Å². The average molecular weight is 207 g/mol. The van der Waals surface area contributed by atoms with E-state index >= 15 is 0 Å². The van der Waals surface area contributed by atoms with E-state index in [0.29, 0.717) is 12.1 Å². The van der Waals surface area contributed by atoms with E-state index < -0.39 is 0 Å². The van der Waals surface area contributed by atoms with Gasteiger partial charge in [0.25, 0.3) is 0 Å². The molecule has 0 saturated carbocycles. The highest BCUT2D eigenvalue weighted by atomic mass is 15.2. The third kappa shape index (κ3) is 2.41. The molecule has 2 rings (SSSR count). The van der Waals surface area contributed by atoms with Crippen LogP contribution in [0.25, 0.3) is 0 Å². The molecule has 1 aromatic rings. The number of likely N-dealkylation sites (N-methyl/N-ethyl adjacent to an activating group) is 1. The molecule has 3 nitrogen and oxygen atoms in total. The van der Waals surface area contributed by atoms with E-state index in [2.05, 4.69) is 41.3 Å². The monoisotopic (exact) mass is 207 g/mol. The molecule has 2 N–H and O–H groups in total. The van der Waals surface area contributed by atoms with Crippen LogP contribution in [-0.2, 0) is 0 Å². The molecule has 0 amide bonds. The van der Waals surface area contributed by atoms with Gasteiger partial charge in [0.2, 0.25) is 0 Å². The molecule has 0 radical (unpaired) electrons. The minimum absolute atomic E-state index is 0.477. The summed E-state index contributed by atoms with van der Waals surface area (Å²) in [5.74, 6) is 0. The molecule has 1 unspecified atom stereocenters. The van der Waals surface area contributed by atoms with E-state index in [0.717, 1.165) is 6.54 Å². The van der Waals surface area contributed by atoms with Crippen molar-refractivity contribution in [2.45, 2.75) is 31.8 Å². The standard InChI is InChI=1S/C12H21N3/c1-10(12-6-4-8-14-12)15(2)11-5-3-7-13-9-11/h4,6,8,10-11,13-14H,3,5,7,9H2,1-2H3/t10?,11-/m0/s1. The molecule has 2 atom stereocenters. The van der Waals surface area contributed by atoms with Gasteiger partial charge in [-0.2, -0.15) is 0 Å². The first-order chi connectivity index (χ1) is 7.29. The summed E-state index contributed by atoms with van der Waals surface area (Å²) in [7, 11) is 2.23. The number of piperidine rings is 1. The average Bonchev–Trinajstić information content (AvgIpc) is 2.82. The minimum Gasteiger partial charge on any atom is -0.364 e. The van der Waals surface area contributed by atoms with Gasteiger partial charge in [-0.05, 0) is 45.5 Å².